The molecule has 0 aliphatic heterocycles. The predicted molar refractivity (Wildman–Crippen MR) is 106 cm³/mol. The van der Waals surface area contributed by atoms with Crippen molar-refractivity contribution in [1.29, 1.82) is 0 Å². The summed E-state index contributed by atoms with van der Waals surface area (Å²) in [6, 6.07) is 14.4. The van der Waals surface area contributed by atoms with E-state index in [0.29, 0.717) is 0 Å². The summed E-state index contributed by atoms with van der Waals surface area (Å²) in [5, 5.41) is 11.9. The van der Waals surface area contributed by atoms with E-state index in [4.69, 9.17) is 4.74 Å². The summed E-state index contributed by atoms with van der Waals surface area (Å²) in [7, 11) is 1.67. The van der Waals surface area contributed by atoms with E-state index in [2.05, 4.69) is 57.8 Å². The number of nitrogens with zero attached hydrogens (tertiary/aromatic N) is 1. The van der Waals surface area contributed by atoms with Crippen LogP contribution in [0.15, 0.2) is 46.9 Å². The molecule has 0 aliphatic rings. The summed E-state index contributed by atoms with van der Waals surface area (Å²) in [5.74, 6) is 0.960. The van der Waals surface area contributed by atoms with Gasteiger partial charge >= 0.3 is 0 Å². The zero-order valence-corrected chi connectivity index (χ0v) is 16.7. The maximum absolute atomic E-state index is 10.8. The van der Waals surface area contributed by atoms with Crippen molar-refractivity contribution in [2.75, 3.05) is 7.11 Å². The molecule has 0 fully saturated rings. The lowest BCUT2D eigenvalue weighted by Crippen LogP contribution is -2.08. The Balaban J connectivity index is 2.17. The lowest BCUT2D eigenvalue weighted by Gasteiger charge is -2.16. The molecule has 3 rings (SSSR count). The van der Waals surface area contributed by atoms with Crippen LogP contribution >= 0.6 is 15.9 Å². The highest BCUT2D eigenvalue weighted by atomic mass is 79.9. The van der Waals surface area contributed by atoms with Crippen LogP contribution in [-0.2, 0) is 6.54 Å². The van der Waals surface area contributed by atoms with Crippen molar-refractivity contribution < 1.29 is 9.84 Å². The molecule has 0 amide bonds. The molecule has 0 spiro atoms. The van der Waals surface area contributed by atoms with E-state index in [1.54, 1.807) is 7.11 Å². The largest absolute Gasteiger partial charge is 0.497 e. The van der Waals surface area contributed by atoms with Gasteiger partial charge in [0.1, 0.15) is 5.75 Å². The van der Waals surface area contributed by atoms with Gasteiger partial charge in [-0.15, -0.1) is 0 Å². The molecule has 1 N–H and O–H groups in total. The van der Waals surface area contributed by atoms with E-state index in [1.807, 2.05) is 26.0 Å². The third-order valence-electron chi connectivity index (χ3n) is 4.76. The Kier molecular flexibility index (Phi) is 5.21. The van der Waals surface area contributed by atoms with Crippen LogP contribution in [0.1, 0.15) is 36.8 Å². The molecule has 3 aromatic rings. The maximum atomic E-state index is 10.8. The highest BCUT2D eigenvalue weighted by Gasteiger charge is 2.23. The molecule has 1 atom stereocenters. The molecule has 25 heavy (non-hydrogen) atoms. The van der Waals surface area contributed by atoms with Crippen LogP contribution in [0, 0.1) is 12.8 Å². The molecule has 0 bridgehead atoms. The Hall–Kier alpha value is -1.78. The second-order valence-electron chi connectivity index (χ2n) is 6.78. The molecule has 1 unspecified atom stereocenters. The van der Waals surface area contributed by atoms with Gasteiger partial charge in [0.25, 0.3) is 0 Å². The van der Waals surface area contributed by atoms with Crippen LogP contribution in [0.5, 0.6) is 5.75 Å². The van der Waals surface area contributed by atoms with Gasteiger partial charge in [-0.1, -0.05) is 41.9 Å². The van der Waals surface area contributed by atoms with Crippen molar-refractivity contribution in [2.45, 2.75) is 33.4 Å². The van der Waals surface area contributed by atoms with Crippen LogP contribution in [0.3, 0.4) is 0 Å². The quantitative estimate of drug-likeness (QED) is 0.615. The number of methoxy groups -OCH3 is 1. The number of hydrogen-bond donors (Lipinski definition) is 1. The zero-order valence-electron chi connectivity index (χ0n) is 15.1. The Morgan fingerprint density at radius 1 is 1.12 bits per heavy atom. The molecule has 0 saturated heterocycles. The van der Waals surface area contributed by atoms with Crippen molar-refractivity contribution in [3.63, 3.8) is 0 Å². The molecular weight excluding hydrogens is 378 g/mol. The minimum Gasteiger partial charge on any atom is -0.497 e. The highest BCUT2D eigenvalue weighted by Crippen LogP contribution is 2.36. The number of aliphatic hydroxyl groups excluding tert-OH is 1. The van der Waals surface area contributed by atoms with Crippen molar-refractivity contribution in [1.82, 2.24) is 4.57 Å². The standard InChI is InChI=1S/C21H24BrNO2/c1-13(2)21(24)20-14(3)23(12-15-5-7-16(22)8-6-15)19-10-9-17(25-4)11-18(19)20/h5-11,13,21,24H,12H2,1-4H3. The van der Waals surface area contributed by atoms with E-state index in [1.165, 1.54) is 5.56 Å². The fourth-order valence-electron chi connectivity index (χ4n) is 3.30. The summed E-state index contributed by atoms with van der Waals surface area (Å²) in [6.07, 6.45) is -0.499. The van der Waals surface area contributed by atoms with E-state index < -0.39 is 6.10 Å². The average Bonchev–Trinajstić information content (AvgIpc) is 2.87. The van der Waals surface area contributed by atoms with Gasteiger partial charge in [0.05, 0.1) is 13.2 Å². The molecule has 132 valence electrons. The van der Waals surface area contributed by atoms with E-state index >= 15 is 0 Å². The third kappa shape index (κ3) is 3.46. The van der Waals surface area contributed by atoms with Crippen LogP contribution in [0.4, 0.5) is 0 Å². The molecule has 0 aliphatic carbocycles. The fourth-order valence-corrected chi connectivity index (χ4v) is 3.56. The number of hydrogen-bond acceptors (Lipinski definition) is 2. The van der Waals surface area contributed by atoms with Gasteiger partial charge in [-0.05, 0) is 48.7 Å². The van der Waals surface area contributed by atoms with Gasteiger partial charge in [0.2, 0.25) is 0 Å². The van der Waals surface area contributed by atoms with Gasteiger partial charge in [-0.3, -0.25) is 0 Å². The summed E-state index contributed by atoms with van der Waals surface area (Å²) in [5.41, 5.74) is 4.45. The summed E-state index contributed by atoms with van der Waals surface area (Å²) < 4.78 is 8.75. The third-order valence-corrected chi connectivity index (χ3v) is 5.29. The van der Waals surface area contributed by atoms with Gasteiger partial charge < -0.3 is 14.4 Å². The van der Waals surface area contributed by atoms with Gasteiger partial charge in [-0.25, -0.2) is 0 Å². The topological polar surface area (TPSA) is 34.4 Å². The van der Waals surface area contributed by atoms with E-state index in [0.717, 1.165) is 38.9 Å². The Morgan fingerprint density at radius 3 is 2.40 bits per heavy atom. The minimum absolute atomic E-state index is 0.150. The number of aliphatic hydroxyl groups is 1. The normalized spacial score (nSPS) is 12.8. The summed E-state index contributed by atoms with van der Waals surface area (Å²) in [4.78, 5) is 0. The van der Waals surface area contributed by atoms with Crippen LogP contribution < -0.4 is 4.74 Å². The Labute approximate surface area is 157 Å². The molecule has 0 saturated carbocycles. The summed E-state index contributed by atoms with van der Waals surface area (Å²) >= 11 is 3.49. The number of rotatable bonds is 5. The second-order valence-corrected chi connectivity index (χ2v) is 7.70. The van der Waals surface area contributed by atoms with Crippen molar-refractivity contribution >= 4 is 26.8 Å². The number of halogens is 1. The first-order valence-corrected chi connectivity index (χ1v) is 9.31. The number of benzene rings is 2. The van der Waals surface area contributed by atoms with Crippen molar-refractivity contribution in [3.8, 4) is 5.75 Å². The first kappa shape index (κ1) is 18.0. The monoisotopic (exact) mass is 401 g/mol. The molecule has 4 heteroatoms. The smallest absolute Gasteiger partial charge is 0.119 e. The lowest BCUT2D eigenvalue weighted by atomic mass is 9.96. The second kappa shape index (κ2) is 7.22. The van der Waals surface area contributed by atoms with Crippen LogP contribution in [0.2, 0.25) is 0 Å². The van der Waals surface area contributed by atoms with Crippen LogP contribution in [0.25, 0.3) is 10.9 Å². The molecule has 1 aromatic heterocycles. The molecule has 0 radical (unpaired) electrons. The Bertz CT molecular complexity index is 881. The molecule has 1 heterocycles. The number of ether oxygens (including phenoxy) is 1. The number of aromatic nitrogens is 1. The average molecular weight is 402 g/mol. The van der Waals surface area contributed by atoms with E-state index in [9.17, 15) is 5.11 Å². The van der Waals surface area contributed by atoms with E-state index in [-0.39, 0.29) is 5.92 Å². The summed E-state index contributed by atoms with van der Waals surface area (Å²) in [6.45, 7) is 6.95. The fraction of sp³-hybridized carbons (Fsp3) is 0.333. The Morgan fingerprint density at radius 2 is 1.80 bits per heavy atom. The van der Waals surface area contributed by atoms with Crippen molar-refractivity contribution in [2.24, 2.45) is 5.92 Å². The molecule has 2 aromatic carbocycles. The lowest BCUT2D eigenvalue weighted by molar-refractivity contribution is 0.127. The SMILES string of the molecule is COc1ccc2c(c1)c(C(O)C(C)C)c(C)n2Cc1ccc(Br)cc1. The molecule has 3 nitrogen and oxygen atoms in total. The highest BCUT2D eigenvalue weighted by molar-refractivity contribution is 9.10. The maximum Gasteiger partial charge on any atom is 0.119 e. The predicted octanol–water partition coefficient (Wildman–Crippen LogP) is 5.46. The first-order chi connectivity index (χ1) is 11.9. The van der Waals surface area contributed by atoms with Crippen LogP contribution in [-0.4, -0.2) is 16.8 Å². The van der Waals surface area contributed by atoms with Gasteiger partial charge in [0, 0.05) is 33.2 Å². The van der Waals surface area contributed by atoms with Crippen molar-refractivity contribution in [3.05, 3.63) is 63.8 Å². The van der Waals surface area contributed by atoms with Gasteiger partial charge in [0.15, 0.2) is 0 Å². The minimum atomic E-state index is -0.499. The number of fused-ring (bicyclic) bond motifs is 1. The first-order valence-electron chi connectivity index (χ1n) is 8.51. The molecular formula is C21H24BrNO2. The van der Waals surface area contributed by atoms with Gasteiger partial charge in [-0.2, -0.15) is 0 Å². The zero-order chi connectivity index (χ0) is 18.1.